The van der Waals surface area contributed by atoms with Gasteiger partial charge in [-0.3, -0.25) is 0 Å². The molecule has 1 rings (SSSR count). The average Bonchev–Trinajstić information content (AvgIpc) is 2.26. The number of benzene rings is 1. The molecule has 0 saturated heterocycles. The Bertz CT molecular complexity index is 434. The summed E-state index contributed by atoms with van der Waals surface area (Å²) in [6.07, 6.45) is -0.118. The molecule has 0 amide bonds. The molecule has 3 nitrogen and oxygen atoms in total. The van der Waals surface area contributed by atoms with Crippen LogP contribution >= 0.6 is 0 Å². The van der Waals surface area contributed by atoms with Crippen LogP contribution in [-0.2, 0) is 4.74 Å². The smallest absolute Gasteiger partial charge is 0.342 e. The third kappa shape index (κ3) is 4.27. The van der Waals surface area contributed by atoms with Gasteiger partial charge >= 0.3 is 5.97 Å². The largest absolute Gasteiger partial charge is 0.490 e. The summed E-state index contributed by atoms with van der Waals surface area (Å²) in [6, 6.07) is 5.63. The standard InChI is InChI=1S/C16H24O3/c1-10(2)13-8-7-9-14(15(13)18-11(3)4)16(17)19-12(5)6/h7-12H,1-6H3. The number of para-hydroxylation sites is 1. The monoisotopic (exact) mass is 264 g/mol. The van der Waals surface area contributed by atoms with E-state index in [4.69, 9.17) is 9.47 Å². The minimum atomic E-state index is -0.326. The van der Waals surface area contributed by atoms with Crippen molar-refractivity contribution in [1.29, 1.82) is 0 Å². The summed E-state index contributed by atoms with van der Waals surface area (Å²) in [7, 11) is 0. The van der Waals surface area contributed by atoms with Crippen molar-refractivity contribution < 1.29 is 14.3 Å². The number of rotatable bonds is 5. The highest BCUT2D eigenvalue weighted by Crippen LogP contribution is 2.31. The molecule has 1 aromatic rings. The van der Waals surface area contributed by atoms with Crippen molar-refractivity contribution >= 4 is 5.97 Å². The quantitative estimate of drug-likeness (QED) is 0.749. The van der Waals surface area contributed by atoms with Gasteiger partial charge in [0.05, 0.1) is 12.2 Å². The van der Waals surface area contributed by atoms with Crippen LogP contribution in [0, 0.1) is 0 Å². The van der Waals surface area contributed by atoms with Crippen LogP contribution in [0.3, 0.4) is 0 Å². The molecule has 0 aromatic heterocycles. The Hall–Kier alpha value is -1.51. The first kappa shape index (κ1) is 15.5. The van der Waals surface area contributed by atoms with E-state index in [1.54, 1.807) is 6.07 Å². The molecule has 0 spiro atoms. The van der Waals surface area contributed by atoms with Crippen molar-refractivity contribution in [2.75, 3.05) is 0 Å². The van der Waals surface area contributed by atoms with Crippen LogP contribution in [0.1, 0.15) is 63.4 Å². The molecule has 0 fully saturated rings. The van der Waals surface area contributed by atoms with Gasteiger partial charge in [-0.05, 0) is 45.2 Å². The van der Waals surface area contributed by atoms with Crippen LogP contribution in [0.15, 0.2) is 18.2 Å². The topological polar surface area (TPSA) is 35.5 Å². The molecule has 1 aromatic carbocycles. The van der Waals surface area contributed by atoms with Crippen molar-refractivity contribution in [3.63, 3.8) is 0 Å². The maximum atomic E-state index is 12.1. The summed E-state index contributed by atoms with van der Waals surface area (Å²) >= 11 is 0. The molecule has 0 radical (unpaired) electrons. The van der Waals surface area contributed by atoms with E-state index in [9.17, 15) is 4.79 Å². The average molecular weight is 264 g/mol. The van der Waals surface area contributed by atoms with E-state index < -0.39 is 0 Å². The van der Waals surface area contributed by atoms with Crippen molar-refractivity contribution in [1.82, 2.24) is 0 Å². The lowest BCUT2D eigenvalue weighted by atomic mass is 9.99. The predicted octanol–water partition coefficient (Wildman–Crippen LogP) is 4.16. The Morgan fingerprint density at radius 1 is 1.00 bits per heavy atom. The summed E-state index contributed by atoms with van der Waals surface area (Å²) in [4.78, 5) is 12.1. The molecule has 3 heteroatoms. The zero-order chi connectivity index (χ0) is 14.6. The lowest BCUT2D eigenvalue weighted by Gasteiger charge is -2.20. The molecule has 0 atom stereocenters. The normalized spacial score (nSPS) is 11.2. The van der Waals surface area contributed by atoms with E-state index in [1.807, 2.05) is 39.8 Å². The summed E-state index contributed by atoms with van der Waals surface area (Å²) in [5.74, 6) is 0.617. The molecule has 0 heterocycles. The van der Waals surface area contributed by atoms with Gasteiger partial charge in [0.25, 0.3) is 0 Å². The Kier molecular flexibility index (Phi) is 5.40. The molecule has 0 aliphatic carbocycles. The van der Waals surface area contributed by atoms with E-state index in [2.05, 4.69) is 13.8 Å². The molecular formula is C16H24O3. The van der Waals surface area contributed by atoms with Gasteiger partial charge in [0, 0.05) is 0 Å². The summed E-state index contributed by atoms with van der Waals surface area (Å²) in [5, 5.41) is 0. The molecular weight excluding hydrogens is 240 g/mol. The fourth-order valence-electron chi connectivity index (χ4n) is 1.82. The van der Waals surface area contributed by atoms with E-state index in [-0.39, 0.29) is 18.2 Å². The van der Waals surface area contributed by atoms with Gasteiger partial charge in [0.1, 0.15) is 11.3 Å². The maximum absolute atomic E-state index is 12.1. The van der Waals surface area contributed by atoms with E-state index in [0.29, 0.717) is 17.2 Å². The predicted molar refractivity (Wildman–Crippen MR) is 76.8 cm³/mol. The van der Waals surface area contributed by atoms with Crippen LogP contribution in [0.5, 0.6) is 5.75 Å². The number of hydrogen-bond donors (Lipinski definition) is 0. The fraction of sp³-hybridized carbons (Fsp3) is 0.562. The zero-order valence-corrected chi connectivity index (χ0v) is 12.7. The molecule has 0 N–H and O–H groups in total. The van der Waals surface area contributed by atoms with E-state index in [1.165, 1.54) is 0 Å². The second kappa shape index (κ2) is 6.60. The molecule has 106 valence electrons. The van der Waals surface area contributed by atoms with Gasteiger partial charge in [0.2, 0.25) is 0 Å². The zero-order valence-electron chi connectivity index (χ0n) is 12.7. The number of carbonyl (C=O) groups excluding carboxylic acids is 1. The minimum absolute atomic E-state index is 0.0190. The van der Waals surface area contributed by atoms with E-state index in [0.717, 1.165) is 5.56 Å². The maximum Gasteiger partial charge on any atom is 0.342 e. The van der Waals surface area contributed by atoms with E-state index >= 15 is 0 Å². The highest BCUT2D eigenvalue weighted by molar-refractivity contribution is 5.93. The van der Waals surface area contributed by atoms with Gasteiger partial charge in [-0.15, -0.1) is 0 Å². The summed E-state index contributed by atoms with van der Waals surface area (Å²) < 4.78 is 11.1. The molecule has 0 unspecified atom stereocenters. The number of esters is 1. The van der Waals surface area contributed by atoms with Crippen LogP contribution in [-0.4, -0.2) is 18.2 Å². The van der Waals surface area contributed by atoms with Crippen LogP contribution in [0.25, 0.3) is 0 Å². The third-order valence-corrected chi connectivity index (χ3v) is 2.58. The second-order valence-electron chi connectivity index (χ2n) is 5.50. The van der Waals surface area contributed by atoms with Crippen LogP contribution in [0.4, 0.5) is 0 Å². The fourth-order valence-corrected chi connectivity index (χ4v) is 1.82. The van der Waals surface area contributed by atoms with Crippen LogP contribution in [0.2, 0.25) is 0 Å². The lowest BCUT2D eigenvalue weighted by Crippen LogP contribution is -2.16. The first-order valence-corrected chi connectivity index (χ1v) is 6.83. The Morgan fingerprint density at radius 2 is 1.63 bits per heavy atom. The number of carbonyl (C=O) groups is 1. The van der Waals surface area contributed by atoms with Gasteiger partial charge in [-0.25, -0.2) is 4.79 Å². The van der Waals surface area contributed by atoms with Gasteiger partial charge in [-0.1, -0.05) is 26.0 Å². The molecule has 0 aliphatic heterocycles. The van der Waals surface area contributed by atoms with Crippen molar-refractivity contribution in [2.24, 2.45) is 0 Å². The molecule has 19 heavy (non-hydrogen) atoms. The Balaban J connectivity index is 3.22. The van der Waals surface area contributed by atoms with Gasteiger partial charge in [0.15, 0.2) is 0 Å². The first-order valence-electron chi connectivity index (χ1n) is 6.83. The molecule has 0 bridgehead atoms. The minimum Gasteiger partial charge on any atom is -0.490 e. The van der Waals surface area contributed by atoms with Crippen molar-refractivity contribution in [2.45, 2.75) is 59.7 Å². The Morgan fingerprint density at radius 3 is 2.11 bits per heavy atom. The van der Waals surface area contributed by atoms with Crippen LogP contribution < -0.4 is 4.74 Å². The summed E-state index contributed by atoms with van der Waals surface area (Å²) in [6.45, 7) is 11.8. The van der Waals surface area contributed by atoms with Gasteiger partial charge in [-0.2, -0.15) is 0 Å². The van der Waals surface area contributed by atoms with Crippen molar-refractivity contribution in [3.05, 3.63) is 29.3 Å². The second-order valence-corrected chi connectivity index (χ2v) is 5.50. The highest BCUT2D eigenvalue weighted by Gasteiger charge is 2.20. The summed E-state index contributed by atoms with van der Waals surface area (Å²) in [5.41, 5.74) is 1.54. The SMILES string of the molecule is CC(C)OC(=O)c1cccc(C(C)C)c1OC(C)C. The first-order chi connectivity index (χ1) is 8.82. The number of ether oxygens (including phenoxy) is 2. The third-order valence-electron chi connectivity index (χ3n) is 2.58. The number of hydrogen-bond acceptors (Lipinski definition) is 3. The Labute approximate surface area is 115 Å². The highest BCUT2D eigenvalue weighted by atomic mass is 16.5. The lowest BCUT2D eigenvalue weighted by molar-refractivity contribution is 0.0371. The van der Waals surface area contributed by atoms with Gasteiger partial charge < -0.3 is 9.47 Å². The molecule has 0 saturated carbocycles. The molecule has 0 aliphatic rings. The van der Waals surface area contributed by atoms with Crippen molar-refractivity contribution in [3.8, 4) is 5.75 Å².